The van der Waals surface area contributed by atoms with E-state index in [1.165, 1.54) is 0 Å². The fraction of sp³-hybridized carbons (Fsp3) is 0.375. The molecule has 0 saturated carbocycles. The number of hydrogen-bond acceptors (Lipinski definition) is 3. The Morgan fingerprint density at radius 1 is 1.15 bits per heavy atom. The van der Waals surface area contributed by atoms with Gasteiger partial charge in [0, 0.05) is 18.5 Å². The van der Waals surface area contributed by atoms with Gasteiger partial charge in [-0.2, -0.15) is 0 Å². The van der Waals surface area contributed by atoms with E-state index in [9.17, 15) is 9.59 Å². The molecule has 0 aliphatic rings. The monoisotopic (exact) mass is 273 g/mol. The van der Waals surface area contributed by atoms with E-state index < -0.39 is 5.63 Å². The van der Waals surface area contributed by atoms with Crippen LogP contribution < -0.4 is 5.63 Å². The summed E-state index contributed by atoms with van der Waals surface area (Å²) in [6.45, 7) is 5.33. The molecular weight excluding hydrogens is 254 g/mol. The van der Waals surface area contributed by atoms with E-state index >= 15 is 0 Å². The summed E-state index contributed by atoms with van der Waals surface area (Å²) in [5, 5.41) is 0.767. The molecule has 0 bridgehead atoms. The van der Waals surface area contributed by atoms with Crippen molar-refractivity contribution in [3.63, 3.8) is 0 Å². The van der Waals surface area contributed by atoms with E-state index in [-0.39, 0.29) is 11.5 Å². The third-order valence-electron chi connectivity index (χ3n) is 3.15. The maximum atomic E-state index is 12.5. The predicted molar refractivity (Wildman–Crippen MR) is 79.0 cm³/mol. The summed E-state index contributed by atoms with van der Waals surface area (Å²) in [5.41, 5.74) is 0.0584. The molecule has 0 aliphatic heterocycles. The molecule has 4 nitrogen and oxygen atoms in total. The van der Waals surface area contributed by atoms with Gasteiger partial charge in [0.15, 0.2) is 0 Å². The molecule has 0 unspecified atom stereocenters. The SMILES string of the molecule is CCCN(CCC)C(=O)c1cc2ccccc2oc1=O. The summed E-state index contributed by atoms with van der Waals surface area (Å²) in [6, 6.07) is 8.83. The van der Waals surface area contributed by atoms with Crippen LogP contribution in [-0.2, 0) is 0 Å². The molecule has 106 valence electrons. The molecule has 0 fully saturated rings. The first-order chi connectivity index (χ1) is 9.67. The van der Waals surface area contributed by atoms with Crippen molar-refractivity contribution in [3.05, 3.63) is 46.3 Å². The van der Waals surface area contributed by atoms with E-state index in [1.54, 1.807) is 23.1 Å². The summed E-state index contributed by atoms with van der Waals surface area (Å²) in [4.78, 5) is 26.1. The first kappa shape index (κ1) is 14.3. The molecule has 1 amide bonds. The maximum absolute atomic E-state index is 12.5. The first-order valence-corrected chi connectivity index (χ1v) is 6.99. The quantitative estimate of drug-likeness (QED) is 0.787. The molecular formula is C16H19NO3. The van der Waals surface area contributed by atoms with Gasteiger partial charge >= 0.3 is 5.63 Å². The van der Waals surface area contributed by atoms with Crippen LogP contribution in [0.15, 0.2) is 39.5 Å². The Bertz CT molecular complexity index is 654. The lowest BCUT2D eigenvalue weighted by atomic mass is 10.1. The maximum Gasteiger partial charge on any atom is 0.349 e. The van der Waals surface area contributed by atoms with Crippen LogP contribution in [0, 0.1) is 0 Å². The summed E-state index contributed by atoms with van der Waals surface area (Å²) >= 11 is 0. The zero-order valence-corrected chi connectivity index (χ0v) is 11.9. The van der Waals surface area contributed by atoms with E-state index in [2.05, 4.69) is 0 Å². The molecule has 2 rings (SSSR count). The van der Waals surface area contributed by atoms with Crippen molar-refractivity contribution < 1.29 is 9.21 Å². The zero-order valence-electron chi connectivity index (χ0n) is 11.9. The van der Waals surface area contributed by atoms with Crippen molar-refractivity contribution in [1.82, 2.24) is 4.90 Å². The fourth-order valence-corrected chi connectivity index (χ4v) is 2.24. The molecule has 1 aromatic carbocycles. The van der Waals surface area contributed by atoms with Crippen LogP contribution in [0.2, 0.25) is 0 Å². The lowest BCUT2D eigenvalue weighted by Gasteiger charge is -2.20. The van der Waals surface area contributed by atoms with Crippen LogP contribution in [0.5, 0.6) is 0 Å². The molecule has 0 N–H and O–H groups in total. The standard InChI is InChI=1S/C16H19NO3/c1-3-9-17(10-4-2)15(18)13-11-12-7-5-6-8-14(12)20-16(13)19/h5-8,11H,3-4,9-10H2,1-2H3. The summed E-state index contributed by atoms with van der Waals surface area (Å²) in [5.74, 6) is -0.242. The highest BCUT2D eigenvalue weighted by molar-refractivity contribution is 5.96. The minimum atomic E-state index is -0.564. The van der Waals surface area contributed by atoms with Crippen molar-refractivity contribution in [3.8, 4) is 0 Å². The van der Waals surface area contributed by atoms with Crippen molar-refractivity contribution in [1.29, 1.82) is 0 Å². The second-order valence-corrected chi connectivity index (χ2v) is 4.78. The minimum absolute atomic E-state index is 0.116. The van der Waals surface area contributed by atoms with Gasteiger partial charge in [0.25, 0.3) is 5.91 Å². The van der Waals surface area contributed by atoms with Gasteiger partial charge in [0.1, 0.15) is 11.1 Å². The Balaban J connectivity index is 2.42. The topological polar surface area (TPSA) is 50.5 Å². The van der Waals surface area contributed by atoms with Crippen LogP contribution in [0.3, 0.4) is 0 Å². The Kier molecular flexibility index (Phi) is 4.56. The average Bonchev–Trinajstić information content (AvgIpc) is 2.45. The van der Waals surface area contributed by atoms with Gasteiger partial charge in [-0.3, -0.25) is 4.79 Å². The Morgan fingerprint density at radius 2 is 1.80 bits per heavy atom. The van der Waals surface area contributed by atoms with Gasteiger partial charge in [-0.15, -0.1) is 0 Å². The van der Waals surface area contributed by atoms with Gasteiger partial charge < -0.3 is 9.32 Å². The smallest absolute Gasteiger partial charge is 0.349 e. The van der Waals surface area contributed by atoms with Gasteiger partial charge in [-0.05, 0) is 25.0 Å². The normalized spacial score (nSPS) is 10.7. The highest BCUT2D eigenvalue weighted by atomic mass is 16.4. The second kappa shape index (κ2) is 6.37. The van der Waals surface area contributed by atoms with Crippen molar-refractivity contribution in [2.75, 3.05) is 13.1 Å². The van der Waals surface area contributed by atoms with E-state index in [0.717, 1.165) is 18.2 Å². The van der Waals surface area contributed by atoms with Crippen LogP contribution >= 0.6 is 0 Å². The number of para-hydroxylation sites is 1. The summed E-state index contributed by atoms with van der Waals surface area (Å²) < 4.78 is 5.22. The van der Waals surface area contributed by atoms with Gasteiger partial charge in [-0.25, -0.2) is 4.79 Å². The molecule has 0 saturated heterocycles. The third kappa shape index (κ3) is 2.90. The lowest BCUT2D eigenvalue weighted by Crippen LogP contribution is -2.35. The minimum Gasteiger partial charge on any atom is -0.422 e. The number of benzene rings is 1. The zero-order chi connectivity index (χ0) is 14.5. The number of rotatable bonds is 5. The largest absolute Gasteiger partial charge is 0.422 e. The number of carbonyl (C=O) groups is 1. The number of nitrogens with zero attached hydrogens (tertiary/aromatic N) is 1. The highest BCUT2D eigenvalue weighted by Crippen LogP contribution is 2.14. The second-order valence-electron chi connectivity index (χ2n) is 4.78. The summed E-state index contributed by atoms with van der Waals surface area (Å²) in [7, 11) is 0. The molecule has 0 atom stereocenters. The molecule has 1 heterocycles. The predicted octanol–water partition coefficient (Wildman–Crippen LogP) is 3.06. The third-order valence-corrected chi connectivity index (χ3v) is 3.15. The number of carbonyl (C=O) groups excluding carboxylic acids is 1. The molecule has 1 aromatic heterocycles. The van der Waals surface area contributed by atoms with Crippen molar-refractivity contribution >= 4 is 16.9 Å². The summed E-state index contributed by atoms with van der Waals surface area (Å²) in [6.07, 6.45) is 1.73. The highest BCUT2D eigenvalue weighted by Gasteiger charge is 2.19. The Hall–Kier alpha value is -2.10. The number of fused-ring (bicyclic) bond motifs is 1. The van der Waals surface area contributed by atoms with Crippen LogP contribution in [0.1, 0.15) is 37.0 Å². The van der Waals surface area contributed by atoms with Gasteiger partial charge in [0.05, 0.1) is 0 Å². The molecule has 0 radical (unpaired) electrons. The Labute approximate surface area is 118 Å². The fourth-order valence-electron chi connectivity index (χ4n) is 2.24. The van der Waals surface area contributed by atoms with Crippen molar-refractivity contribution in [2.45, 2.75) is 26.7 Å². The van der Waals surface area contributed by atoms with Crippen LogP contribution in [0.4, 0.5) is 0 Å². The molecule has 4 heteroatoms. The van der Waals surface area contributed by atoms with E-state index in [1.807, 2.05) is 26.0 Å². The molecule has 2 aromatic rings. The van der Waals surface area contributed by atoms with Crippen LogP contribution in [0.25, 0.3) is 11.0 Å². The first-order valence-electron chi connectivity index (χ1n) is 6.99. The van der Waals surface area contributed by atoms with Gasteiger partial charge in [0.2, 0.25) is 0 Å². The van der Waals surface area contributed by atoms with Crippen LogP contribution in [-0.4, -0.2) is 23.9 Å². The lowest BCUT2D eigenvalue weighted by molar-refractivity contribution is 0.0751. The molecule has 20 heavy (non-hydrogen) atoms. The number of hydrogen-bond donors (Lipinski definition) is 0. The van der Waals surface area contributed by atoms with Gasteiger partial charge in [-0.1, -0.05) is 32.0 Å². The Morgan fingerprint density at radius 3 is 2.45 bits per heavy atom. The van der Waals surface area contributed by atoms with Crippen molar-refractivity contribution in [2.24, 2.45) is 0 Å². The average molecular weight is 273 g/mol. The molecule has 0 spiro atoms. The van der Waals surface area contributed by atoms with E-state index in [4.69, 9.17) is 4.42 Å². The molecule has 0 aliphatic carbocycles. The van der Waals surface area contributed by atoms with E-state index in [0.29, 0.717) is 18.7 Å². The number of amides is 1.